The van der Waals surface area contributed by atoms with Gasteiger partial charge in [-0.15, -0.1) is 0 Å². The van der Waals surface area contributed by atoms with Gasteiger partial charge in [-0.25, -0.2) is 9.07 Å². The second kappa shape index (κ2) is 6.88. The lowest BCUT2D eigenvalue weighted by Crippen LogP contribution is -2.34. The largest absolute Gasteiger partial charge is 0.416 e. The first-order chi connectivity index (χ1) is 13.4. The van der Waals surface area contributed by atoms with Gasteiger partial charge in [-0.2, -0.15) is 18.3 Å². The lowest BCUT2D eigenvalue weighted by Gasteiger charge is -2.26. The number of nitrogens with one attached hydrogen (secondary N) is 1. The summed E-state index contributed by atoms with van der Waals surface area (Å²) in [4.78, 5) is 0. The monoisotopic (exact) mass is 386 g/mol. The van der Waals surface area contributed by atoms with Crippen LogP contribution in [0, 0.1) is 5.82 Å². The molecule has 3 aromatic rings. The van der Waals surface area contributed by atoms with Gasteiger partial charge in [0.15, 0.2) is 0 Å². The Hall–Kier alpha value is -3.55. The summed E-state index contributed by atoms with van der Waals surface area (Å²) in [5.74, 6) is -0.409. The Morgan fingerprint density at radius 1 is 0.964 bits per heavy atom. The predicted octanol–water partition coefficient (Wildman–Crippen LogP) is 4.91. The first-order valence-electron chi connectivity index (χ1n) is 8.34. The number of nitrogens with zero attached hydrogens (tertiary/aromatic N) is 3. The highest BCUT2D eigenvalue weighted by atomic mass is 19.4. The molecule has 1 aliphatic heterocycles. The van der Waals surface area contributed by atoms with E-state index in [0.717, 1.165) is 12.1 Å². The number of allylic oxidation sites excluding steroid dienone is 2. The fourth-order valence-electron chi connectivity index (χ4n) is 2.79. The van der Waals surface area contributed by atoms with Crippen molar-refractivity contribution in [3.05, 3.63) is 96.2 Å². The van der Waals surface area contributed by atoms with Crippen LogP contribution in [0.15, 0.2) is 79.1 Å². The van der Waals surface area contributed by atoms with Gasteiger partial charge < -0.3 is 0 Å². The number of hydrazine groups is 1. The third-order valence-corrected chi connectivity index (χ3v) is 4.15. The fourth-order valence-corrected chi connectivity index (χ4v) is 2.79. The average Bonchev–Trinajstić information content (AvgIpc) is 3.18. The molecule has 0 saturated heterocycles. The number of rotatable bonds is 3. The second-order valence-electron chi connectivity index (χ2n) is 6.05. The highest BCUT2D eigenvalue weighted by Crippen LogP contribution is 2.32. The van der Waals surface area contributed by atoms with Crippen molar-refractivity contribution >= 4 is 11.4 Å². The molecule has 2 heterocycles. The Morgan fingerprint density at radius 3 is 2.57 bits per heavy atom. The summed E-state index contributed by atoms with van der Waals surface area (Å²) in [6, 6.07) is 12.9. The molecule has 0 saturated carbocycles. The molecule has 0 fully saturated rings. The lowest BCUT2D eigenvalue weighted by atomic mass is 10.2. The molecule has 4 rings (SSSR count). The molecule has 28 heavy (non-hydrogen) atoms. The van der Waals surface area contributed by atoms with Crippen LogP contribution >= 0.6 is 0 Å². The van der Waals surface area contributed by atoms with Crippen molar-refractivity contribution in [2.45, 2.75) is 6.18 Å². The number of para-hydroxylation sites is 1. The van der Waals surface area contributed by atoms with Gasteiger partial charge in [-0.05, 0) is 48.6 Å². The molecular formula is C20H14F4N4. The van der Waals surface area contributed by atoms with Crippen molar-refractivity contribution in [3.63, 3.8) is 0 Å². The number of hydrogen-bond donors (Lipinski definition) is 1. The van der Waals surface area contributed by atoms with Gasteiger partial charge in [0.1, 0.15) is 17.2 Å². The van der Waals surface area contributed by atoms with Crippen LogP contribution in [0.5, 0.6) is 0 Å². The molecule has 1 aromatic heterocycles. The highest BCUT2D eigenvalue weighted by molar-refractivity contribution is 5.68. The zero-order chi connectivity index (χ0) is 19.7. The number of anilines is 1. The van der Waals surface area contributed by atoms with Crippen LogP contribution in [0.2, 0.25) is 0 Å². The zero-order valence-corrected chi connectivity index (χ0v) is 14.4. The van der Waals surface area contributed by atoms with E-state index in [1.807, 2.05) is 0 Å². The van der Waals surface area contributed by atoms with Crippen LogP contribution in [0.1, 0.15) is 11.3 Å². The van der Waals surface area contributed by atoms with Crippen molar-refractivity contribution in [3.8, 4) is 5.69 Å². The van der Waals surface area contributed by atoms with Gasteiger partial charge in [-0.1, -0.05) is 18.2 Å². The van der Waals surface area contributed by atoms with E-state index in [-0.39, 0.29) is 0 Å². The summed E-state index contributed by atoms with van der Waals surface area (Å²) in [6.45, 7) is 0. The minimum absolute atomic E-state index is 0.301. The standard InChI is InChI=1S/C20H14F4N4/c21-16-7-1-2-9-19(16)28-12-10-18(26-28)17-8-4-11-27(25-17)15-6-3-5-14(13-15)20(22,23)24/h1-13,25H. The van der Waals surface area contributed by atoms with Gasteiger partial charge >= 0.3 is 6.18 Å². The normalized spacial score (nSPS) is 14.0. The van der Waals surface area contributed by atoms with Crippen molar-refractivity contribution < 1.29 is 17.6 Å². The van der Waals surface area contributed by atoms with Gasteiger partial charge in [0.2, 0.25) is 0 Å². The molecule has 0 atom stereocenters. The van der Waals surface area contributed by atoms with Crippen LogP contribution in [0.3, 0.4) is 0 Å². The summed E-state index contributed by atoms with van der Waals surface area (Å²) >= 11 is 0. The predicted molar refractivity (Wildman–Crippen MR) is 97.7 cm³/mol. The quantitative estimate of drug-likeness (QED) is 0.650. The van der Waals surface area contributed by atoms with E-state index in [9.17, 15) is 17.6 Å². The average molecular weight is 386 g/mol. The molecule has 0 radical (unpaired) electrons. The topological polar surface area (TPSA) is 33.1 Å². The van der Waals surface area contributed by atoms with Crippen molar-refractivity contribution in [2.75, 3.05) is 5.01 Å². The van der Waals surface area contributed by atoms with Crippen LogP contribution in [0.25, 0.3) is 11.4 Å². The maximum Gasteiger partial charge on any atom is 0.416 e. The molecule has 8 heteroatoms. The summed E-state index contributed by atoms with van der Waals surface area (Å²) in [6.07, 6.45) is 2.22. The smallest absolute Gasteiger partial charge is 0.292 e. The maximum absolute atomic E-state index is 13.9. The third-order valence-electron chi connectivity index (χ3n) is 4.15. The van der Waals surface area contributed by atoms with Crippen molar-refractivity contribution in [1.29, 1.82) is 0 Å². The van der Waals surface area contributed by atoms with Gasteiger partial charge in [0.05, 0.1) is 16.9 Å². The minimum atomic E-state index is -4.42. The number of alkyl halides is 3. The Morgan fingerprint density at radius 2 is 1.79 bits per heavy atom. The van der Waals surface area contributed by atoms with Crippen LogP contribution < -0.4 is 10.4 Å². The zero-order valence-electron chi connectivity index (χ0n) is 14.4. The highest BCUT2D eigenvalue weighted by Gasteiger charge is 2.31. The summed E-state index contributed by atoms with van der Waals surface area (Å²) < 4.78 is 54.2. The van der Waals surface area contributed by atoms with E-state index in [0.29, 0.717) is 22.8 Å². The van der Waals surface area contributed by atoms with E-state index in [1.54, 1.807) is 54.9 Å². The molecule has 4 nitrogen and oxygen atoms in total. The molecule has 0 spiro atoms. The first kappa shape index (κ1) is 17.8. The maximum atomic E-state index is 13.9. The van der Waals surface area contributed by atoms with E-state index >= 15 is 0 Å². The Balaban J connectivity index is 1.58. The van der Waals surface area contributed by atoms with E-state index in [2.05, 4.69) is 10.5 Å². The molecule has 0 unspecified atom stereocenters. The summed E-state index contributed by atoms with van der Waals surface area (Å²) in [7, 11) is 0. The second-order valence-corrected chi connectivity index (χ2v) is 6.05. The summed E-state index contributed by atoms with van der Waals surface area (Å²) in [5.41, 5.74) is 3.99. The van der Waals surface area contributed by atoms with E-state index in [1.165, 1.54) is 21.8 Å². The molecule has 142 valence electrons. The number of aromatic nitrogens is 2. The van der Waals surface area contributed by atoms with Crippen LogP contribution in [-0.2, 0) is 6.18 Å². The molecule has 0 aliphatic carbocycles. The minimum Gasteiger partial charge on any atom is -0.292 e. The van der Waals surface area contributed by atoms with Crippen LogP contribution in [0.4, 0.5) is 23.2 Å². The van der Waals surface area contributed by atoms with E-state index < -0.39 is 17.6 Å². The Labute approximate surface area is 158 Å². The molecule has 1 N–H and O–H groups in total. The van der Waals surface area contributed by atoms with Crippen molar-refractivity contribution in [2.24, 2.45) is 0 Å². The Kier molecular flexibility index (Phi) is 4.38. The Bertz CT molecular complexity index is 1070. The SMILES string of the molecule is Fc1ccccc1-n1ccc(C2=CC=CN(c3cccc(C(F)(F)F)c3)N2)n1. The fraction of sp³-hybridized carbons (Fsp3) is 0.0500. The van der Waals surface area contributed by atoms with Gasteiger partial charge in [0, 0.05) is 12.4 Å². The summed E-state index contributed by atoms with van der Waals surface area (Å²) in [5, 5.41) is 5.82. The molecular weight excluding hydrogens is 372 g/mol. The number of benzene rings is 2. The molecule has 0 amide bonds. The van der Waals surface area contributed by atoms with Crippen LogP contribution in [-0.4, -0.2) is 9.78 Å². The lowest BCUT2D eigenvalue weighted by molar-refractivity contribution is -0.137. The number of halogens is 4. The molecule has 0 bridgehead atoms. The van der Waals surface area contributed by atoms with Gasteiger partial charge in [0.25, 0.3) is 0 Å². The molecule has 1 aliphatic rings. The third kappa shape index (κ3) is 3.48. The van der Waals surface area contributed by atoms with E-state index in [4.69, 9.17) is 0 Å². The molecule has 2 aromatic carbocycles. The van der Waals surface area contributed by atoms with Gasteiger partial charge in [-0.3, -0.25) is 10.4 Å². The number of hydrogen-bond acceptors (Lipinski definition) is 3. The van der Waals surface area contributed by atoms with Crippen molar-refractivity contribution in [1.82, 2.24) is 15.2 Å². The first-order valence-corrected chi connectivity index (χ1v) is 8.34.